The third-order valence-corrected chi connectivity index (χ3v) is 1.27. The van der Waals surface area contributed by atoms with Crippen molar-refractivity contribution in [2.75, 3.05) is 0 Å². The van der Waals surface area contributed by atoms with Gasteiger partial charge in [-0.15, -0.1) is 8.19 Å². The Morgan fingerprint density at radius 3 is 1.67 bits per heavy atom. The van der Waals surface area contributed by atoms with Gasteiger partial charge in [-0.2, -0.15) is 0 Å². The molecule has 0 bridgehead atoms. The van der Waals surface area contributed by atoms with E-state index in [0.717, 1.165) is 8.19 Å². The Morgan fingerprint density at radius 1 is 1.00 bits per heavy atom. The number of rotatable bonds is 0. The van der Waals surface area contributed by atoms with Crippen molar-refractivity contribution in [3.05, 3.63) is 23.7 Å². The molecule has 0 N–H and O–H groups in total. The molecule has 0 saturated heterocycles. The van der Waals surface area contributed by atoms with Crippen molar-refractivity contribution in [3.63, 3.8) is 0 Å². The first kappa shape index (κ1) is 6.58. The van der Waals surface area contributed by atoms with Crippen LogP contribution in [-0.4, -0.2) is 23.9 Å². The first-order valence-electron chi connectivity index (χ1n) is 1.58. The van der Waals surface area contributed by atoms with E-state index in [2.05, 4.69) is 23.7 Å². The van der Waals surface area contributed by atoms with E-state index in [1.54, 1.807) is 0 Å². The van der Waals surface area contributed by atoms with Gasteiger partial charge in [0.25, 0.3) is 0 Å². The molecule has 2 heteroatoms. The smallest absolute Gasteiger partial charge is 0.0454 e. The summed E-state index contributed by atoms with van der Waals surface area (Å²) < 4.78 is 0. The molecule has 0 atom stereocenters. The molecule has 0 fully saturated rings. The Labute approximate surface area is 56.0 Å². The summed E-state index contributed by atoms with van der Waals surface area (Å²) in [6.45, 7) is 0. The monoisotopic (exact) mass is 208 g/mol. The van der Waals surface area contributed by atoms with Gasteiger partial charge in [-0.1, -0.05) is 12.1 Å². The molecule has 0 aliphatic rings. The molecule has 1 aromatic heterocycles. The molecule has 34 valence electrons. The van der Waals surface area contributed by atoms with Crippen molar-refractivity contribution in [3.8, 4) is 0 Å². The molecule has 6 heavy (non-hydrogen) atoms. The second-order valence-corrected chi connectivity index (χ2v) is 1.88. The third kappa shape index (κ3) is 1.88. The van der Waals surface area contributed by atoms with E-state index in [-0.39, 0.29) is 23.9 Å². The summed E-state index contributed by atoms with van der Waals surface area (Å²) in [6.07, 6.45) is 0. The molecule has 0 aromatic carbocycles. The predicted octanol–water partition coefficient (Wildman–Crippen LogP) is 0.266. The largest absolute Gasteiger partial charge is 0.140 e. The number of hydrogen-bond acceptors (Lipinski definition) is 0. The maximum atomic E-state index is 2.15. The first-order chi connectivity index (χ1) is 2.50. The van der Waals surface area contributed by atoms with Crippen LogP contribution in [0.25, 0.3) is 0 Å². The fraction of sp³-hybridized carbons (Fsp3) is 0. The summed E-state index contributed by atoms with van der Waals surface area (Å²) in [6, 6.07) is 4.14. The zero-order chi connectivity index (χ0) is 3.54. The molecule has 0 nitrogen and oxygen atoms in total. The van der Waals surface area contributed by atoms with Gasteiger partial charge >= 0.3 is 23.9 Å². The molecular weight excluding hydrogens is 198 g/mol. The van der Waals surface area contributed by atoms with Crippen molar-refractivity contribution in [2.24, 2.45) is 0 Å². The molecule has 0 saturated carbocycles. The summed E-state index contributed by atoms with van der Waals surface area (Å²) in [5.41, 5.74) is 0. The molecule has 0 radical (unpaired) electrons. The second kappa shape index (κ2) is 3.76. The Kier molecular flexibility index (Phi) is 4.12. The van der Waals surface area contributed by atoms with Gasteiger partial charge in [-0.3, -0.25) is 0 Å². The van der Waals surface area contributed by atoms with Gasteiger partial charge in [-0.25, -0.2) is 0 Å². The van der Waals surface area contributed by atoms with Crippen LogP contribution in [0.2, 0.25) is 0 Å². The van der Waals surface area contributed by atoms with Crippen molar-refractivity contribution in [1.82, 2.24) is 0 Å². The van der Waals surface area contributed by atoms with Gasteiger partial charge in [0.2, 0.25) is 0 Å². The minimum atomic E-state index is 0. The second-order valence-electron chi connectivity index (χ2n) is 0.885. The Balaban J connectivity index is 0.000000250. The summed E-state index contributed by atoms with van der Waals surface area (Å²) in [7, 11) is 0.948. The van der Waals surface area contributed by atoms with E-state index in [1.807, 2.05) is 0 Å². The summed E-state index contributed by atoms with van der Waals surface area (Å²) in [5, 5.41) is 0. The summed E-state index contributed by atoms with van der Waals surface area (Å²) >= 11 is 0. The zero-order valence-corrected chi connectivity index (χ0v) is 3.81. The van der Waals surface area contributed by atoms with E-state index >= 15 is 0 Å². The topological polar surface area (TPSA) is 0 Å². The molecule has 1 aromatic rings. The van der Waals surface area contributed by atoms with Gasteiger partial charge in [0, 0.05) is 0 Å². The third-order valence-electron chi connectivity index (χ3n) is 0.496. The van der Waals surface area contributed by atoms with Crippen LogP contribution in [0.5, 0.6) is 0 Å². The van der Waals surface area contributed by atoms with Crippen molar-refractivity contribution < 1.29 is 0 Å². The summed E-state index contributed by atoms with van der Waals surface area (Å²) in [4.78, 5) is 0. The quantitative estimate of drug-likeness (QED) is 0.535. The fourth-order valence-corrected chi connectivity index (χ4v) is 0.833. The van der Waals surface area contributed by atoms with Gasteiger partial charge in [0.05, 0.1) is 0 Å². The van der Waals surface area contributed by atoms with Crippen molar-refractivity contribution >= 4 is 32.1 Å². The van der Waals surface area contributed by atoms with Crippen molar-refractivity contribution in [2.45, 2.75) is 0 Å². The van der Waals surface area contributed by atoms with Gasteiger partial charge in [-0.05, 0) is 11.6 Å². The normalized spacial score (nSPS) is 6.67. The number of hydrogen-bond donors (Lipinski definition) is 0. The maximum absolute atomic E-state index is 2.15. The zero-order valence-electron chi connectivity index (χ0n) is 2.81. The van der Waals surface area contributed by atoms with Gasteiger partial charge < -0.3 is 0 Å². The van der Waals surface area contributed by atoms with Crippen LogP contribution in [-0.2, 0) is 0 Å². The van der Waals surface area contributed by atoms with Gasteiger partial charge in [0.1, 0.15) is 0 Å². The SMILES string of the molecule is [SnH4].c1cc[pH]c1. The van der Waals surface area contributed by atoms with Crippen LogP contribution >= 0.6 is 8.19 Å². The van der Waals surface area contributed by atoms with Crippen LogP contribution in [0, 0.1) is 0 Å². The molecule has 1 rings (SSSR count). The average molecular weight is 207 g/mol. The molecule has 0 spiro atoms. The average Bonchev–Trinajstić information content (AvgIpc) is 1.76. The van der Waals surface area contributed by atoms with Crippen LogP contribution in [0.3, 0.4) is 0 Å². The van der Waals surface area contributed by atoms with E-state index in [4.69, 9.17) is 0 Å². The minimum Gasteiger partial charge on any atom is -0.140 e. The molecule has 0 amide bonds. The van der Waals surface area contributed by atoms with E-state index in [1.165, 1.54) is 0 Å². The summed E-state index contributed by atoms with van der Waals surface area (Å²) in [5.74, 6) is 4.31. The van der Waals surface area contributed by atoms with Crippen LogP contribution in [0.4, 0.5) is 0 Å². The van der Waals surface area contributed by atoms with E-state index < -0.39 is 0 Å². The first-order valence-corrected chi connectivity index (χ1v) is 2.73. The predicted molar refractivity (Wildman–Crippen MR) is 37.3 cm³/mol. The van der Waals surface area contributed by atoms with Crippen LogP contribution in [0.1, 0.15) is 0 Å². The Morgan fingerprint density at radius 2 is 1.50 bits per heavy atom. The maximum Gasteiger partial charge on any atom is -0.0454 e. The van der Waals surface area contributed by atoms with Crippen LogP contribution in [0.15, 0.2) is 23.7 Å². The standard InChI is InChI=1S/C4H5P.Sn.4H/c1-2-4-5-3-1;;;;;/h1-5H;;;;;. The van der Waals surface area contributed by atoms with Gasteiger partial charge in [0.15, 0.2) is 0 Å². The molecule has 1 heterocycles. The molecule has 0 aliphatic heterocycles. The van der Waals surface area contributed by atoms with E-state index in [9.17, 15) is 0 Å². The fourth-order valence-electron chi connectivity index (χ4n) is 0.278. The minimum absolute atomic E-state index is 0. The molecule has 0 aliphatic carbocycles. The molecular formula is C4H9PSn. The van der Waals surface area contributed by atoms with Crippen molar-refractivity contribution in [1.29, 1.82) is 0 Å². The Hall–Kier alpha value is 0.579. The van der Waals surface area contributed by atoms with Crippen LogP contribution < -0.4 is 0 Å². The Bertz CT molecular complexity index is 64.0. The molecule has 0 unspecified atom stereocenters. The van der Waals surface area contributed by atoms with E-state index in [0.29, 0.717) is 0 Å².